The monoisotopic (exact) mass is 238 g/mol. The minimum Gasteiger partial charge on any atom is -0.392 e. The van der Waals surface area contributed by atoms with Crippen molar-refractivity contribution >= 4 is 17.2 Å². The molecule has 1 aliphatic rings. The zero-order valence-electron chi connectivity index (χ0n) is 9.28. The third-order valence-electron chi connectivity index (χ3n) is 2.93. The Morgan fingerprint density at radius 1 is 1.44 bits per heavy atom. The number of nitrogens with two attached hydrogens (primary N) is 1. The number of hydrogen-bond acceptors (Lipinski definition) is 3. The van der Waals surface area contributed by atoms with Crippen LogP contribution < -0.4 is 11.1 Å². The predicted molar refractivity (Wildman–Crippen MR) is 69.4 cm³/mol. The van der Waals surface area contributed by atoms with Gasteiger partial charge in [-0.3, -0.25) is 4.90 Å². The number of H-pyrrole nitrogens is 1. The van der Waals surface area contributed by atoms with E-state index in [0.29, 0.717) is 4.99 Å². The molecule has 1 aromatic heterocycles. The fraction of sp³-hybridized carbons (Fsp3) is 0.545. The molecule has 1 unspecified atom stereocenters. The zero-order chi connectivity index (χ0) is 11.4. The van der Waals surface area contributed by atoms with Gasteiger partial charge in [-0.2, -0.15) is 0 Å². The standard InChI is InChI=1S/C11H18N4S/c12-11(16)10(9-3-1-5-14-9)15-7-2-4-13-6-8-15/h1,3,5,10,13-14H,2,4,6-8H2,(H2,12,16). The van der Waals surface area contributed by atoms with Crippen LogP contribution in [0.3, 0.4) is 0 Å². The maximum absolute atomic E-state index is 5.86. The van der Waals surface area contributed by atoms with Crippen LogP contribution in [0.2, 0.25) is 0 Å². The Morgan fingerprint density at radius 3 is 3.00 bits per heavy atom. The number of hydrogen-bond donors (Lipinski definition) is 3. The molecule has 2 heterocycles. The molecule has 1 saturated heterocycles. The van der Waals surface area contributed by atoms with Crippen molar-refractivity contribution in [2.75, 3.05) is 26.2 Å². The molecular weight excluding hydrogens is 220 g/mol. The lowest BCUT2D eigenvalue weighted by Crippen LogP contribution is -2.39. The first kappa shape index (κ1) is 11.6. The van der Waals surface area contributed by atoms with E-state index in [1.807, 2.05) is 18.3 Å². The van der Waals surface area contributed by atoms with Crippen LogP contribution in [0.5, 0.6) is 0 Å². The first-order chi connectivity index (χ1) is 7.79. The average molecular weight is 238 g/mol. The summed E-state index contributed by atoms with van der Waals surface area (Å²) >= 11 is 5.19. The number of aromatic amines is 1. The first-order valence-electron chi connectivity index (χ1n) is 5.66. The highest BCUT2D eigenvalue weighted by atomic mass is 32.1. The van der Waals surface area contributed by atoms with Gasteiger partial charge in [0.15, 0.2) is 0 Å². The summed E-state index contributed by atoms with van der Waals surface area (Å²) < 4.78 is 0. The van der Waals surface area contributed by atoms with Gasteiger partial charge in [0, 0.05) is 31.5 Å². The quantitative estimate of drug-likeness (QED) is 0.676. The summed E-state index contributed by atoms with van der Waals surface area (Å²) in [4.78, 5) is 6.09. The molecule has 2 rings (SSSR count). The van der Waals surface area contributed by atoms with Crippen molar-refractivity contribution < 1.29 is 0 Å². The molecule has 1 atom stereocenters. The molecule has 4 N–H and O–H groups in total. The highest BCUT2D eigenvalue weighted by molar-refractivity contribution is 7.80. The van der Waals surface area contributed by atoms with Gasteiger partial charge in [-0.1, -0.05) is 12.2 Å². The molecule has 0 aliphatic carbocycles. The summed E-state index contributed by atoms with van der Waals surface area (Å²) in [5, 5.41) is 3.38. The van der Waals surface area contributed by atoms with E-state index < -0.39 is 0 Å². The lowest BCUT2D eigenvalue weighted by Gasteiger charge is -2.28. The number of nitrogens with zero attached hydrogens (tertiary/aromatic N) is 1. The molecule has 0 radical (unpaired) electrons. The molecule has 88 valence electrons. The van der Waals surface area contributed by atoms with Gasteiger partial charge in [-0.25, -0.2) is 0 Å². The van der Waals surface area contributed by atoms with E-state index in [1.54, 1.807) is 0 Å². The van der Waals surface area contributed by atoms with E-state index >= 15 is 0 Å². The first-order valence-corrected chi connectivity index (χ1v) is 6.07. The number of rotatable bonds is 3. The van der Waals surface area contributed by atoms with E-state index in [-0.39, 0.29) is 6.04 Å². The minimum absolute atomic E-state index is 0.0462. The van der Waals surface area contributed by atoms with Crippen molar-refractivity contribution in [3.05, 3.63) is 24.0 Å². The summed E-state index contributed by atoms with van der Waals surface area (Å²) in [6, 6.07) is 4.07. The minimum atomic E-state index is 0.0462. The van der Waals surface area contributed by atoms with Crippen LogP contribution in [0.1, 0.15) is 18.2 Å². The molecule has 4 nitrogen and oxygen atoms in total. The van der Waals surface area contributed by atoms with E-state index in [9.17, 15) is 0 Å². The maximum atomic E-state index is 5.86. The van der Waals surface area contributed by atoms with Crippen molar-refractivity contribution in [1.82, 2.24) is 15.2 Å². The molecule has 0 amide bonds. The van der Waals surface area contributed by atoms with E-state index in [1.165, 1.54) is 0 Å². The highest BCUT2D eigenvalue weighted by Crippen LogP contribution is 2.20. The van der Waals surface area contributed by atoms with Crippen LogP contribution >= 0.6 is 12.2 Å². The maximum Gasteiger partial charge on any atom is 0.101 e. The average Bonchev–Trinajstić information content (AvgIpc) is 2.62. The molecule has 0 spiro atoms. The summed E-state index contributed by atoms with van der Waals surface area (Å²) in [5.41, 5.74) is 6.95. The van der Waals surface area contributed by atoms with Crippen LogP contribution in [0.15, 0.2) is 18.3 Å². The molecule has 0 aromatic carbocycles. The van der Waals surface area contributed by atoms with Crippen LogP contribution in [0.4, 0.5) is 0 Å². The Labute approximate surface area is 101 Å². The molecule has 5 heteroatoms. The van der Waals surface area contributed by atoms with Crippen molar-refractivity contribution in [3.8, 4) is 0 Å². The Morgan fingerprint density at radius 2 is 2.31 bits per heavy atom. The molecule has 1 aliphatic heterocycles. The van der Waals surface area contributed by atoms with Crippen molar-refractivity contribution in [3.63, 3.8) is 0 Å². The molecule has 16 heavy (non-hydrogen) atoms. The SMILES string of the molecule is NC(=S)C(c1ccc[nH]1)N1CCCNCC1. The van der Waals surface area contributed by atoms with Crippen LogP contribution in [0.25, 0.3) is 0 Å². The Hall–Kier alpha value is -0.910. The zero-order valence-corrected chi connectivity index (χ0v) is 10.1. The predicted octanol–water partition coefficient (Wildman–Crippen LogP) is 0.637. The van der Waals surface area contributed by atoms with Gasteiger partial charge in [0.05, 0.1) is 4.99 Å². The molecule has 1 fully saturated rings. The van der Waals surface area contributed by atoms with E-state index in [0.717, 1.165) is 38.3 Å². The van der Waals surface area contributed by atoms with Gasteiger partial charge in [0.25, 0.3) is 0 Å². The van der Waals surface area contributed by atoms with Crippen molar-refractivity contribution in [1.29, 1.82) is 0 Å². The van der Waals surface area contributed by atoms with Crippen molar-refractivity contribution in [2.45, 2.75) is 12.5 Å². The Balaban J connectivity index is 2.15. The smallest absolute Gasteiger partial charge is 0.101 e. The summed E-state index contributed by atoms with van der Waals surface area (Å²) in [6.07, 6.45) is 3.05. The largest absolute Gasteiger partial charge is 0.392 e. The van der Waals surface area contributed by atoms with E-state index in [2.05, 4.69) is 15.2 Å². The van der Waals surface area contributed by atoms with Gasteiger partial charge in [0.2, 0.25) is 0 Å². The fourth-order valence-electron chi connectivity index (χ4n) is 2.17. The third kappa shape index (κ3) is 2.61. The highest BCUT2D eigenvalue weighted by Gasteiger charge is 2.24. The van der Waals surface area contributed by atoms with Gasteiger partial charge >= 0.3 is 0 Å². The number of aromatic nitrogens is 1. The second-order valence-electron chi connectivity index (χ2n) is 4.07. The lowest BCUT2D eigenvalue weighted by molar-refractivity contribution is 0.258. The van der Waals surface area contributed by atoms with Gasteiger partial charge in [-0.05, 0) is 25.1 Å². The summed E-state index contributed by atoms with van der Waals surface area (Å²) in [6.45, 7) is 4.10. The fourth-order valence-corrected chi connectivity index (χ4v) is 2.45. The van der Waals surface area contributed by atoms with Crippen molar-refractivity contribution in [2.24, 2.45) is 5.73 Å². The Kier molecular flexibility index (Phi) is 3.93. The lowest BCUT2D eigenvalue weighted by atomic mass is 10.1. The Bertz CT molecular complexity index is 328. The molecule has 0 saturated carbocycles. The summed E-state index contributed by atoms with van der Waals surface area (Å²) in [5.74, 6) is 0. The van der Waals surface area contributed by atoms with Gasteiger partial charge in [-0.15, -0.1) is 0 Å². The third-order valence-corrected chi connectivity index (χ3v) is 3.15. The topological polar surface area (TPSA) is 57.1 Å². The van der Waals surface area contributed by atoms with Crippen LogP contribution in [-0.2, 0) is 0 Å². The normalized spacial score (nSPS) is 20.2. The number of thiocarbonyl (C=S) groups is 1. The van der Waals surface area contributed by atoms with Crippen LogP contribution in [0, 0.1) is 0 Å². The summed E-state index contributed by atoms with van der Waals surface area (Å²) in [7, 11) is 0. The second-order valence-corrected chi connectivity index (χ2v) is 4.54. The molecule has 1 aromatic rings. The second kappa shape index (κ2) is 5.43. The van der Waals surface area contributed by atoms with E-state index in [4.69, 9.17) is 18.0 Å². The van der Waals surface area contributed by atoms with Crippen LogP contribution in [-0.4, -0.2) is 41.1 Å². The molecule has 0 bridgehead atoms. The van der Waals surface area contributed by atoms with Gasteiger partial charge in [0.1, 0.15) is 6.04 Å². The molecular formula is C11H18N4S. The van der Waals surface area contributed by atoms with Gasteiger partial charge < -0.3 is 16.0 Å². The number of nitrogens with one attached hydrogen (secondary N) is 2.